The number of esters is 3. The minimum Gasteiger partial charge on any atom is -0.481 e. The van der Waals surface area contributed by atoms with E-state index >= 15 is 0 Å². The average molecular weight is 1200 g/mol. The summed E-state index contributed by atoms with van der Waals surface area (Å²) < 4.78 is 15.6. The number of ketones is 2. The van der Waals surface area contributed by atoms with Gasteiger partial charge in [-0.05, 0) is 131 Å². The molecule has 0 fully saturated rings. The molecule has 0 radical (unpaired) electrons. The van der Waals surface area contributed by atoms with E-state index in [2.05, 4.69) is 37.2 Å². The number of ether oxygens (including phenoxy) is 3. The molecular weight excluding hydrogens is 1120 g/mol. The van der Waals surface area contributed by atoms with E-state index < -0.39 is 108 Å². The number of Topliss-reactive ketones (excluding diaryl/α,β-unsaturated/α-hetero) is 2. The summed E-state index contributed by atoms with van der Waals surface area (Å²) in [6.45, 7) is 13.5. The van der Waals surface area contributed by atoms with E-state index in [4.69, 9.17) is 41.4 Å². The number of aromatic nitrogens is 4. The van der Waals surface area contributed by atoms with Gasteiger partial charge >= 0.3 is 29.8 Å². The van der Waals surface area contributed by atoms with E-state index in [0.717, 1.165) is 27.8 Å². The number of amidine groups is 1. The molecule has 0 saturated heterocycles. The number of nitrogens with one attached hydrogen (secondary N) is 4. The van der Waals surface area contributed by atoms with E-state index in [1.165, 1.54) is 21.3 Å². The summed E-state index contributed by atoms with van der Waals surface area (Å²) >= 11 is 0. The first-order chi connectivity index (χ1) is 41.3. The van der Waals surface area contributed by atoms with Gasteiger partial charge in [-0.1, -0.05) is 24.8 Å². The number of fused-ring (bicyclic) bond motifs is 11. The molecule has 87 heavy (non-hydrogen) atoms. The van der Waals surface area contributed by atoms with Crippen LogP contribution in [0.5, 0.6) is 0 Å². The van der Waals surface area contributed by atoms with Crippen molar-refractivity contribution in [2.45, 2.75) is 129 Å². The van der Waals surface area contributed by atoms with Crippen molar-refractivity contribution in [3.63, 3.8) is 0 Å². The number of methoxy groups -OCH3 is 3. The van der Waals surface area contributed by atoms with Crippen molar-refractivity contribution in [2.75, 3.05) is 34.4 Å². The van der Waals surface area contributed by atoms with Gasteiger partial charge in [0.2, 0.25) is 11.8 Å². The predicted octanol–water partition coefficient (Wildman–Crippen LogP) is 5.30. The molecule has 1 aliphatic carbocycles. The number of amides is 2. The standard InChI is InChI=1S/C62H77N11O14/c1-10-36-31(2)43-27-48-40-18-15-39(59(83)86-8)57(60(84)87-9)62(40,6)52(71-48)29-44-33(4)38(17-22-56(80)85-7)47(70-44)28-46-37(32(3)42(69-46)26-45(36)68-43)16-20-53(76)72-41(14-12-24-67-61(64)65)50(74)19-21-54(77)73-49(30-55(78)79)51(75)25-35(58(81)82)13-11-23-66-34(5)63/h10,15,18,26-29,35,41,49,57,68,70H,1,11-14,16-17,19-25,30H2,2-9H3,(H2,63,66)(H,72,76)(H,73,77)(H,78,79)(H,81,82)(H4,64,65,67)/t35-,41+,49+,57?,62?/m1/s1. The van der Waals surface area contributed by atoms with Gasteiger partial charge in [0.1, 0.15) is 5.92 Å². The molecule has 25 nitrogen and oxygen atoms in total. The number of carbonyl (C=O) groups is 9. The highest BCUT2D eigenvalue weighted by atomic mass is 16.5. The second kappa shape index (κ2) is 29.5. The first kappa shape index (κ1) is 66.6. The molecule has 12 N–H and O–H groups in total. The summed E-state index contributed by atoms with van der Waals surface area (Å²) in [6.07, 6.45) is 3.48. The van der Waals surface area contributed by atoms with E-state index in [1.807, 2.05) is 52.0 Å². The summed E-state index contributed by atoms with van der Waals surface area (Å²) in [5, 5.41) is 24.6. The quantitative estimate of drug-likeness (QED) is 0.0140. The SMILES string of the molecule is C=Cc1c(C)c2cc3nc(cc4[nH]c(cc5nc(cc1[nH]2)C(C)=C5CCC(=O)N[C@@H](CCCN=C(N)N)C(=O)CCC(=O)N[C@@H](CC(=O)O)C(=O)C[C@@H](CCCN=C(C)N)C(=O)O)c(CCC(=O)OC)c4C)C1(C)C3=CC=C(C(=O)OC)C1C(=O)OC. The number of carboxylic acids is 2. The molecule has 8 bridgehead atoms. The molecule has 2 unspecified atom stereocenters. The molecule has 3 aliphatic rings. The molecule has 5 atom stereocenters. The van der Waals surface area contributed by atoms with Crippen molar-refractivity contribution in [1.82, 2.24) is 30.6 Å². The largest absolute Gasteiger partial charge is 0.481 e. The Morgan fingerprint density at radius 3 is 2.01 bits per heavy atom. The van der Waals surface area contributed by atoms with Crippen molar-refractivity contribution in [1.29, 1.82) is 0 Å². The Kier molecular flexibility index (Phi) is 22.6. The Labute approximate surface area is 502 Å². The molecule has 464 valence electrons. The second-order valence-electron chi connectivity index (χ2n) is 21.7. The van der Waals surface area contributed by atoms with E-state index in [1.54, 1.807) is 25.2 Å². The Morgan fingerprint density at radius 2 is 1.37 bits per heavy atom. The van der Waals surface area contributed by atoms with Crippen LogP contribution in [0.4, 0.5) is 0 Å². The van der Waals surface area contributed by atoms with Gasteiger partial charge in [-0.2, -0.15) is 0 Å². The molecule has 5 heterocycles. The first-order valence-electron chi connectivity index (χ1n) is 28.4. The number of aromatic amines is 2. The maximum Gasteiger partial charge on any atom is 0.334 e. The molecule has 0 saturated carbocycles. The Hall–Kier alpha value is -9.55. The highest BCUT2D eigenvalue weighted by Crippen LogP contribution is 2.52. The molecule has 2 aliphatic heterocycles. The molecule has 3 aromatic heterocycles. The third-order valence-electron chi connectivity index (χ3n) is 16.0. The highest BCUT2D eigenvalue weighted by Gasteiger charge is 2.53. The van der Waals surface area contributed by atoms with Crippen LogP contribution in [0, 0.1) is 25.7 Å². The summed E-state index contributed by atoms with van der Waals surface area (Å²) in [6, 6.07) is 4.64. The number of aryl methyl sites for hydroxylation is 3. The Bertz CT molecular complexity index is 3600. The molecule has 25 heteroatoms. The van der Waals surface area contributed by atoms with Gasteiger partial charge in [-0.25, -0.2) is 9.78 Å². The van der Waals surface area contributed by atoms with Gasteiger partial charge in [0.15, 0.2) is 17.5 Å². The number of H-pyrrole nitrogens is 2. The number of rotatable bonds is 29. The number of guanidine groups is 1. The van der Waals surface area contributed by atoms with Crippen LogP contribution in [0.2, 0.25) is 0 Å². The fraction of sp³-hybridized carbons (Fsp3) is 0.435. The molecule has 2 amide bonds. The lowest BCUT2D eigenvalue weighted by Gasteiger charge is -2.36. The summed E-state index contributed by atoms with van der Waals surface area (Å²) in [7, 11) is 3.78. The zero-order valence-electron chi connectivity index (χ0n) is 50.3. The minimum absolute atomic E-state index is 0.00728. The van der Waals surface area contributed by atoms with Crippen molar-refractivity contribution in [2.24, 2.45) is 39.0 Å². The van der Waals surface area contributed by atoms with Gasteiger partial charge in [-0.15, -0.1) is 0 Å². The highest BCUT2D eigenvalue weighted by molar-refractivity contribution is 6.02. The summed E-state index contributed by atoms with van der Waals surface area (Å²) in [5.41, 5.74) is 24.9. The lowest BCUT2D eigenvalue weighted by Crippen LogP contribution is -2.44. The lowest BCUT2D eigenvalue weighted by atomic mass is 9.64. The fourth-order valence-corrected chi connectivity index (χ4v) is 11.2. The zero-order valence-corrected chi connectivity index (χ0v) is 50.3. The second-order valence-corrected chi connectivity index (χ2v) is 21.7. The van der Waals surface area contributed by atoms with Crippen LogP contribution in [0.3, 0.4) is 0 Å². The van der Waals surface area contributed by atoms with Crippen LogP contribution in [-0.2, 0) is 69.2 Å². The molecule has 6 rings (SSSR count). The van der Waals surface area contributed by atoms with Crippen molar-refractivity contribution < 1.29 is 67.6 Å². The zero-order chi connectivity index (χ0) is 64.0. The number of nitrogens with zero attached hydrogens (tertiary/aromatic N) is 4. The van der Waals surface area contributed by atoms with E-state index in [-0.39, 0.29) is 76.0 Å². The first-order valence-corrected chi connectivity index (χ1v) is 28.4. The number of allylic oxidation sites excluding steroid dienone is 5. The van der Waals surface area contributed by atoms with E-state index in [0.29, 0.717) is 61.8 Å². The number of aliphatic imine (C=N–C) groups is 2. The van der Waals surface area contributed by atoms with Crippen molar-refractivity contribution >= 4 is 110 Å². The van der Waals surface area contributed by atoms with Crippen LogP contribution in [0.15, 0.2) is 58.6 Å². The Balaban J connectivity index is 1.36. The monoisotopic (exact) mass is 1200 g/mol. The Morgan fingerprint density at radius 1 is 0.724 bits per heavy atom. The third kappa shape index (κ3) is 16.1. The molecular formula is C62H77N11O14. The number of carboxylic acid groups (broad SMARTS) is 2. The molecule has 0 aromatic carbocycles. The number of aliphatic carboxylic acids is 2. The topological polar surface area (TPSA) is 406 Å². The summed E-state index contributed by atoms with van der Waals surface area (Å²) in [4.78, 5) is 144. The lowest BCUT2D eigenvalue weighted by molar-refractivity contribution is -0.149. The van der Waals surface area contributed by atoms with Gasteiger partial charge in [-0.3, -0.25) is 53.3 Å². The van der Waals surface area contributed by atoms with Gasteiger partial charge in [0.25, 0.3) is 0 Å². The maximum absolute atomic E-state index is 14.2. The van der Waals surface area contributed by atoms with Crippen molar-refractivity contribution in [3.8, 4) is 0 Å². The van der Waals surface area contributed by atoms with Crippen molar-refractivity contribution in [3.05, 3.63) is 93.6 Å². The number of hydrogen-bond acceptors (Lipinski definition) is 16. The fourth-order valence-electron chi connectivity index (χ4n) is 11.2. The van der Waals surface area contributed by atoms with Crippen LogP contribution in [0.25, 0.3) is 44.9 Å². The number of carbonyl (C=O) groups excluding carboxylic acids is 7. The third-order valence-corrected chi connectivity index (χ3v) is 16.0. The van der Waals surface area contributed by atoms with Gasteiger partial charge < -0.3 is 62.2 Å². The number of nitrogens with two attached hydrogens (primary N) is 3. The predicted molar refractivity (Wildman–Crippen MR) is 326 cm³/mol. The smallest absolute Gasteiger partial charge is 0.334 e. The molecule has 3 aromatic rings. The van der Waals surface area contributed by atoms with Crippen LogP contribution < -0.4 is 27.8 Å². The van der Waals surface area contributed by atoms with Gasteiger partial charge in [0, 0.05) is 72.8 Å². The maximum atomic E-state index is 14.2. The summed E-state index contributed by atoms with van der Waals surface area (Å²) in [5.74, 6) is -9.57. The number of hydrogen-bond donors (Lipinski definition) is 9. The van der Waals surface area contributed by atoms with Crippen LogP contribution in [-0.4, -0.2) is 142 Å². The van der Waals surface area contributed by atoms with E-state index in [9.17, 15) is 53.4 Å². The molecule has 0 spiro atoms. The average Bonchev–Trinajstić information content (AvgIpc) is 1.63. The minimum atomic E-state index is -1.59. The van der Waals surface area contributed by atoms with Crippen LogP contribution in [0.1, 0.15) is 136 Å². The normalized spacial score (nSPS) is 16.4. The van der Waals surface area contributed by atoms with Gasteiger partial charge in [0.05, 0.1) is 85.4 Å². The van der Waals surface area contributed by atoms with Crippen LogP contribution >= 0.6 is 0 Å².